The van der Waals surface area contributed by atoms with Gasteiger partial charge in [0, 0.05) is 32.3 Å². The van der Waals surface area contributed by atoms with Crippen LogP contribution in [0.25, 0.3) is 0 Å². The summed E-state index contributed by atoms with van der Waals surface area (Å²) < 4.78 is 5.37. The zero-order chi connectivity index (χ0) is 12.2. The molecule has 0 aromatic heterocycles. The molecule has 16 heavy (non-hydrogen) atoms. The Morgan fingerprint density at radius 3 is 2.25 bits per heavy atom. The first-order chi connectivity index (χ1) is 7.78. The highest BCUT2D eigenvalue weighted by Crippen LogP contribution is 1.95. The maximum Gasteiger partial charge on any atom is 0.0593 e. The Balaban J connectivity index is 3.53. The fourth-order valence-electron chi connectivity index (χ4n) is 1.77. The van der Waals surface area contributed by atoms with Crippen molar-refractivity contribution < 1.29 is 4.74 Å². The molecule has 0 bridgehead atoms. The summed E-state index contributed by atoms with van der Waals surface area (Å²) in [6.07, 6.45) is 2.45. The lowest BCUT2D eigenvalue weighted by molar-refractivity contribution is 0.115. The maximum absolute atomic E-state index is 5.37. The molecule has 0 aliphatic carbocycles. The quantitative estimate of drug-likeness (QED) is 0.550. The van der Waals surface area contributed by atoms with Gasteiger partial charge in [0.25, 0.3) is 0 Å². The van der Waals surface area contributed by atoms with E-state index < -0.39 is 0 Å². The smallest absolute Gasteiger partial charge is 0.0593 e. The van der Waals surface area contributed by atoms with Crippen LogP contribution in [-0.4, -0.2) is 50.3 Å². The molecule has 0 aliphatic heterocycles. The predicted octanol–water partition coefficient (Wildman–Crippen LogP) is 2.12. The van der Waals surface area contributed by atoms with E-state index >= 15 is 0 Å². The van der Waals surface area contributed by atoms with Gasteiger partial charge in [-0.2, -0.15) is 0 Å². The topological polar surface area (TPSA) is 24.5 Å². The number of hydrogen-bond acceptors (Lipinski definition) is 3. The van der Waals surface area contributed by atoms with Gasteiger partial charge in [-0.05, 0) is 26.3 Å². The van der Waals surface area contributed by atoms with Gasteiger partial charge in [0.05, 0.1) is 6.61 Å². The SMILES string of the molecule is CCOCCN(CC)CCNC(CC)CC. The molecule has 0 aliphatic rings. The average molecular weight is 230 g/mol. The Labute approximate surface area is 102 Å². The van der Waals surface area contributed by atoms with Gasteiger partial charge < -0.3 is 15.0 Å². The van der Waals surface area contributed by atoms with Crippen LogP contribution in [0, 0.1) is 0 Å². The van der Waals surface area contributed by atoms with Crippen molar-refractivity contribution in [3.8, 4) is 0 Å². The van der Waals surface area contributed by atoms with E-state index in [2.05, 4.69) is 31.0 Å². The molecule has 0 saturated carbocycles. The van der Waals surface area contributed by atoms with E-state index in [1.807, 2.05) is 6.92 Å². The monoisotopic (exact) mass is 230 g/mol. The molecule has 0 amide bonds. The third-order valence-electron chi connectivity index (χ3n) is 3.05. The normalized spacial score (nSPS) is 11.6. The minimum Gasteiger partial charge on any atom is -0.380 e. The Kier molecular flexibility index (Phi) is 11.3. The Hall–Kier alpha value is -0.120. The first-order valence-electron chi connectivity index (χ1n) is 6.81. The number of nitrogens with one attached hydrogen (secondary N) is 1. The van der Waals surface area contributed by atoms with Crippen LogP contribution in [0.4, 0.5) is 0 Å². The third-order valence-corrected chi connectivity index (χ3v) is 3.05. The number of ether oxygens (including phenoxy) is 1. The molecule has 0 fully saturated rings. The fraction of sp³-hybridized carbons (Fsp3) is 1.00. The van der Waals surface area contributed by atoms with E-state index in [9.17, 15) is 0 Å². The lowest BCUT2D eigenvalue weighted by Gasteiger charge is -2.22. The van der Waals surface area contributed by atoms with Crippen molar-refractivity contribution in [1.29, 1.82) is 0 Å². The van der Waals surface area contributed by atoms with E-state index in [4.69, 9.17) is 4.74 Å². The van der Waals surface area contributed by atoms with Crippen molar-refractivity contribution in [2.24, 2.45) is 0 Å². The molecule has 0 atom stereocenters. The van der Waals surface area contributed by atoms with Gasteiger partial charge in [-0.1, -0.05) is 20.8 Å². The van der Waals surface area contributed by atoms with Gasteiger partial charge in [0.2, 0.25) is 0 Å². The zero-order valence-corrected chi connectivity index (χ0v) is 11.6. The summed E-state index contributed by atoms with van der Waals surface area (Å²) in [5.74, 6) is 0. The molecule has 1 N–H and O–H groups in total. The lowest BCUT2D eigenvalue weighted by Crippen LogP contribution is -2.38. The summed E-state index contributed by atoms with van der Waals surface area (Å²) in [6.45, 7) is 14.8. The molecule has 0 radical (unpaired) electrons. The zero-order valence-electron chi connectivity index (χ0n) is 11.6. The minimum absolute atomic E-state index is 0.686. The largest absolute Gasteiger partial charge is 0.380 e. The maximum atomic E-state index is 5.37. The van der Waals surface area contributed by atoms with Crippen LogP contribution >= 0.6 is 0 Å². The standard InChI is InChI=1S/C13H30N2O/c1-5-13(6-2)14-9-10-15(7-3)11-12-16-8-4/h13-14H,5-12H2,1-4H3. The Bertz CT molecular complexity index is 138. The summed E-state index contributed by atoms with van der Waals surface area (Å²) >= 11 is 0. The summed E-state index contributed by atoms with van der Waals surface area (Å²) in [5, 5.41) is 3.59. The van der Waals surface area contributed by atoms with Crippen LogP contribution in [0.15, 0.2) is 0 Å². The second kappa shape index (κ2) is 11.4. The number of nitrogens with zero attached hydrogens (tertiary/aromatic N) is 1. The number of likely N-dealkylation sites (N-methyl/N-ethyl adjacent to an activating group) is 1. The second-order valence-electron chi connectivity index (χ2n) is 4.10. The van der Waals surface area contributed by atoms with E-state index in [1.165, 1.54) is 12.8 Å². The third kappa shape index (κ3) is 8.08. The van der Waals surface area contributed by atoms with Crippen molar-refractivity contribution in [3.63, 3.8) is 0 Å². The molecular formula is C13H30N2O. The molecule has 0 aromatic rings. The van der Waals surface area contributed by atoms with Crippen molar-refractivity contribution in [1.82, 2.24) is 10.2 Å². The van der Waals surface area contributed by atoms with E-state index in [0.717, 1.165) is 39.4 Å². The van der Waals surface area contributed by atoms with Crippen molar-refractivity contribution in [2.45, 2.75) is 46.6 Å². The van der Waals surface area contributed by atoms with Crippen LogP contribution in [0.3, 0.4) is 0 Å². The summed E-state index contributed by atoms with van der Waals surface area (Å²) in [7, 11) is 0. The number of hydrogen-bond donors (Lipinski definition) is 1. The van der Waals surface area contributed by atoms with Crippen LogP contribution in [0.5, 0.6) is 0 Å². The first kappa shape index (κ1) is 15.9. The van der Waals surface area contributed by atoms with Gasteiger partial charge in [-0.25, -0.2) is 0 Å². The molecule has 0 saturated heterocycles. The van der Waals surface area contributed by atoms with Crippen molar-refractivity contribution in [3.05, 3.63) is 0 Å². The summed E-state index contributed by atoms with van der Waals surface area (Å²) in [5.41, 5.74) is 0. The van der Waals surface area contributed by atoms with Gasteiger partial charge in [0.1, 0.15) is 0 Å². The molecule has 0 heterocycles. The average Bonchev–Trinajstić information content (AvgIpc) is 2.32. The Morgan fingerprint density at radius 1 is 1.06 bits per heavy atom. The van der Waals surface area contributed by atoms with Gasteiger partial charge in [-0.15, -0.1) is 0 Å². The van der Waals surface area contributed by atoms with Gasteiger partial charge >= 0.3 is 0 Å². The van der Waals surface area contributed by atoms with Gasteiger partial charge in [-0.3, -0.25) is 0 Å². The molecule has 3 nitrogen and oxygen atoms in total. The summed E-state index contributed by atoms with van der Waals surface area (Å²) in [4.78, 5) is 2.44. The molecule has 0 unspecified atom stereocenters. The summed E-state index contributed by atoms with van der Waals surface area (Å²) in [6, 6.07) is 0.686. The van der Waals surface area contributed by atoms with Crippen molar-refractivity contribution >= 4 is 0 Å². The highest BCUT2D eigenvalue weighted by molar-refractivity contribution is 4.64. The second-order valence-corrected chi connectivity index (χ2v) is 4.10. The van der Waals surface area contributed by atoms with Crippen LogP contribution in [0.2, 0.25) is 0 Å². The molecule has 0 spiro atoms. The Morgan fingerprint density at radius 2 is 1.75 bits per heavy atom. The van der Waals surface area contributed by atoms with Crippen LogP contribution < -0.4 is 5.32 Å². The lowest BCUT2D eigenvalue weighted by atomic mass is 10.2. The molecular weight excluding hydrogens is 200 g/mol. The van der Waals surface area contributed by atoms with Crippen molar-refractivity contribution in [2.75, 3.05) is 39.4 Å². The molecule has 98 valence electrons. The van der Waals surface area contributed by atoms with E-state index in [-0.39, 0.29) is 0 Å². The highest BCUT2D eigenvalue weighted by Gasteiger charge is 2.04. The predicted molar refractivity (Wildman–Crippen MR) is 71.0 cm³/mol. The van der Waals surface area contributed by atoms with Gasteiger partial charge in [0.15, 0.2) is 0 Å². The van der Waals surface area contributed by atoms with E-state index in [0.29, 0.717) is 6.04 Å². The molecule has 0 rings (SSSR count). The fourth-order valence-corrected chi connectivity index (χ4v) is 1.77. The van der Waals surface area contributed by atoms with Crippen LogP contribution in [0.1, 0.15) is 40.5 Å². The molecule has 3 heteroatoms. The first-order valence-corrected chi connectivity index (χ1v) is 6.81. The molecule has 0 aromatic carbocycles. The van der Waals surface area contributed by atoms with E-state index in [1.54, 1.807) is 0 Å². The minimum atomic E-state index is 0.686. The highest BCUT2D eigenvalue weighted by atomic mass is 16.5. The number of rotatable bonds is 11. The van der Waals surface area contributed by atoms with Crippen LogP contribution in [-0.2, 0) is 4.74 Å².